The molecule has 2 aromatic rings. The van der Waals surface area contributed by atoms with E-state index in [1.165, 1.54) is 48.4 Å². The molecule has 0 aliphatic carbocycles. The lowest BCUT2D eigenvalue weighted by molar-refractivity contribution is -0.125. The van der Waals surface area contributed by atoms with Gasteiger partial charge in [0.2, 0.25) is 5.91 Å². The molecule has 0 fully saturated rings. The van der Waals surface area contributed by atoms with Gasteiger partial charge in [-0.3, -0.25) is 4.79 Å². The second-order valence-electron chi connectivity index (χ2n) is 5.62. The van der Waals surface area contributed by atoms with Crippen LogP contribution in [0.15, 0.2) is 48.5 Å². The fraction of sp³-hybridized carbons (Fsp3) is 0.190. The van der Waals surface area contributed by atoms with E-state index in [2.05, 4.69) is 10.7 Å². The molecule has 146 valence electrons. The van der Waals surface area contributed by atoms with Crippen LogP contribution in [-0.4, -0.2) is 31.1 Å². The lowest BCUT2D eigenvalue weighted by Crippen LogP contribution is -2.29. The zero-order valence-corrected chi connectivity index (χ0v) is 15.1. The minimum absolute atomic E-state index is 0.0268. The number of amides is 1. The molecule has 0 spiro atoms. The molecule has 4 nitrogen and oxygen atoms in total. The largest absolute Gasteiger partial charge is 0.493 e. The highest BCUT2D eigenvalue weighted by Gasteiger charge is 2.15. The average Bonchev–Trinajstić information content (AvgIpc) is 2.67. The van der Waals surface area contributed by atoms with Crippen molar-refractivity contribution in [2.75, 3.05) is 13.7 Å². The van der Waals surface area contributed by atoms with E-state index in [1.54, 1.807) is 18.2 Å². The van der Waals surface area contributed by atoms with Gasteiger partial charge in [0.1, 0.15) is 5.82 Å². The molecule has 1 amide bonds. The molecule has 0 saturated heterocycles. The summed E-state index contributed by atoms with van der Waals surface area (Å²) < 4.78 is 47.9. The zero-order valence-electron chi connectivity index (χ0n) is 15.1. The van der Waals surface area contributed by atoms with Crippen LogP contribution in [-0.2, 0) is 11.3 Å². The number of ether oxygens (including phenoxy) is 2. The van der Waals surface area contributed by atoms with Crippen molar-refractivity contribution < 1.29 is 27.4 Å². The van der Waals surface area contributed by atoms with Crippen molar-refractivity contribution in [2.45, 2.75) is 13.2 Å². The first-order chi connectivity index (χ1) is 13.4. The van der Waals surface area contributed by atoms with Crippen LogP contribution in [0, 0.1) is 18.2 Å². The van der Waals surface area contributed by atoms with E-state index in [0.717, 1.165) is 0 Å². The highest BCUT2D eigenvalue weighted by Crippen LogP contribution is 2.33. The van der Waals surface area contributed by atoms with Crippen LogP contribution in [0.1, 0.15) is 11.1 Å². The fourth-order valence-electron chi connectivity index (χ4n) is 2.44. The van der Waals surface area contributed by atoms with Crippen molar-refractivity contribution in [3.63, 3.8) is 0 Å². The molecule has 0 atom stereocenters. The average molecular weight is 389 g/mol. The van der Waals surface area contributed by atoms with Gasteiger partial charge in [-0.05, 0) is 29.8 Å². The summed E-state index contributed by atoms with van der Waals surface area (Å²) in [6, 6.07) is 10.2. The molecule has 0 unspecified atom stereocenters. The number of halogens is 3. The van der Waals surface area contributed by atoms with Crippen molar-refractivity contribution in [2.24, 2.45) is 0 Å². The second kappa shape index (κ2) is 10.1. The van der Waals surface area contributed by atoms with Gasteiger partial charge < -0.3 is 14.4 Å². The van der Waals surface area contributed by atoms with Gasteiger partial charge in [0.25, 0.3) is 0 Å². The summed E-state index contributed by atoms with van der Waals surface area (Å²) in [4.78, 5) is 13.9. The van der Waals surface area contributed by atoms with E-state index in [0.29, 0.717) is 5.56 Å². The number of methoxy groups -OCH3 is 1. The van der Waals surface area contributed by atoms with Crippen molar-refractivity contribution in [3.05, 3.63) is 65.5 Å². The quantitative estimate of drug-likeness (QED) is 0.504. The summed E-state index contributed by atoms with van der Waals surface area (Å²) in [5, 5.41) is 0. The molecule has 0 heterocycles. The summed E-state index contributed by atoms with van der Waals surface area (Å²) >= 11 is 0. The van der Waals surface area contributed by atoms with Gasteiger partial charge in [-0.1, -0.05) is 30.2 Å². The topological polar surface area (TPSA) is 38.8 Å². The second-order valence-corrected chi connectivity index (χ2v) is 5.62. The number of benzene rings is 2. The third-order valence-electron chi connectivity index (χ3n) is 3.72. The van der Waals surface area contributed by atoms with Crippen LogP contribution in [0.5, 0.6) is 11.5 Å². The normalized spacial score (nSPS) is 10.7. The first-order valence-electron chi connectivity index (χ1n) is 8.21. The molecular formula is C21H18F3NO3. The van der Waals surface area contributed by atoms with E-state index in [4.69, 9.17) is 11.2 Å². The Kier molecular flexibility index (Phi) is 7.52. The number of carbonyl (C=O) groups is 1. The Morgan fingerprint density at radius 1 is 1.25 bits per heavy atom. The van der Waals surface area contributed by atoms with Gasteiger partial charge in [0.15, 0.2) is 11.5 Å². The third kappa shape index (κ3) is 5.81. The smallest absolute Gasteiger partial charge is 0.387 e. The molecule has 0 bridgehead atoms. The summed E-state index contributed by atoms with van der Waals surface area (Å²) in [6.07, 6.45) is 7.87. The lowest BCUT2D eigenvalue weighted by Gasteiger charge is -2.19. The van der Waals surface area contributed by atoms with Crippen LogP contribution in [0.2, 0.25) is 0 Å². The number of alkyl halides is 2. The molecular weight excluding hydrogens is 371 g/mol. The standard InChI is InChI=1S/C21H18F3NO3/c1-3-13-25(14-15-7-10-17(22)11-8-15)19(26)12-9-16-5-4-6-18(27-2)20(16)28-21(23)24/h1,4-12,21H,13-14H2,2H3/b12-9+. The Bertz CT molecular complexity index is 873. The third-order valence-corrected chi connectivity index (χ3v) is 3.72. The Morgan fingerprint density at radius 3 is 2.57 bits per heavy atom. The highest BCUT2D eigenvalue weighted by molar-refractivity contribution is 5.92. The minimum Gasteiger partial charge on any atom is -0.493 e. The minimum atomic E-state index is -3.05. The van der Waals surface area contributed by atoms with Gasteiger partial charge in [-0.2, -0.15) is 8.78 Å². The Morgan fingerprint density at radius 2 is 1.96 bits per heavy atom. The van der Waals surface area contributed by atoms with E-state index >= 15 is 0 Å². The SMILES string of the molecule is C#CCN(Cc1ccc(F)cc1)C(=O)/C=C/c1cccc(OC)c1OC(F)F. The molecule has 28 heavy (non-hydrogen) atoms. The first-order valence-corrected chi connectivity index (χ1v) is 8.21. The summed E-state index contributed by atoms with van der Waals surface area (Å²) in [5.74, 6) is 1.50. The number of terminal acetylenes is 1. The van der Waals surface area contributed by atoms with Gasteiger partial charge in [-0.15, -0.1) is 6.42 Å². The van der Waals surface area contributed by atoms with Crippen LogP contribution >= 0.6 is 0 Å². The van der Waals surface area contributed by atoms with Crippen LogP contribution in [0.3, 0.4) is 0 Å². The first kappa shape index (κ1) is 20.9. The van der Waals surface area contributed by atoms with Crippen LogP contribution < -0.4 is 9.47 Å². The van der Waals surface area contributed by atoms with E-state index < -0.39 is 12.5 Å². The number of hydrogen-bond acceptors (Lipinski definition) is 3. The van der Waals surface area contributed by atoms with E-state index in [-0.39, 0.29) is 36.0 Å². The molecule has 0 saturated carbocycles. The maximum Gasteiger partial charge on any atom is 0.387 e. The van der Waals surface area contributed by atoms with Crippen molar-refractivity contribution in [1.29, 1.82) is 0 Å². The Balaban J connectivity index is 2.22. The lowest BCUT2D eigenvalue weighted by atomic mass is 10.1. The number of carbonyl (C=O) groups excluding carboxylic acids is 1. The van der Waals surface area contributed by atoms with Crippen molar-refractivity contribution in [3.8, 4) is 23.8 Å². The molecule has 2 rings (SSSR count). The van der Waals surface area contributed by atoms with Gasteiger partial charge >= 0.3 is 6.61 Å². The zero-order chi connectivity index (χ0) is 20.5. The number of rotatable bonds is 8. The Labute approximate surface area is 161 Å². The Hall–Kier alpha value is -3.40. The summed E-state index contributed by atoms with van der Waals surface area (Å²) in [7, 11) is 1.32. The van der Waals surface area contributed by atoms with Crippen molar-refractivity contribution in [1.82, 2.24) is 4.90 Å². The molecule has 0 radical (unpaired) electrons. The van der Waals surface area contributed by atoms with Gasteiger partial charge in [0, 0.05) is 18.2 Å². The number of hydrogen-bond donors (Lipinski definition) is 0. The van der Waals surface area contributed by atoms with E-state index in [1.807, 2.05) is 0 Å². The van der Waals surface area contributed by atoms with Gasteiger partial charge in [-0.25, -0.2) is 4.39 Å². The molecule has 0 aliphatic heterocycles. The molecule has 0 aliphatic rings. The predicted octanol–water partition coefficient (Wildman–Crippen LogP) is 4.11. The van der Waals surface area contributed by atoms with E-state index in [9.17, 15) is 18.0 Å². The molecule has 0 N–H and O–H groups in total. The number of para-hydroxylation sites is 1. The van der Waals surface area contributed by atoms with Crippen LogP contribution in [0.4, 0.5) is 13.2 Å². The fourth-order valence-corrected chi connectivity index (χ4v) is 2.44. The highest BCUT2D eigenvalue weighted by atomic mass is 19.3. The predicted molar refractivity (Wildman–Crippen MR) is 99.3 cm³/mol. The maximum absolute atomic E-state index is 13.0. The maximum atomic E-state index is 13.0. The number of nitrogens with zero attached hydrogens (tertiary/aromatic N) is 1. The summed E-state index contributed by atoms with van der Waals surface area (Å²) in [5.41, 5.74) is 0.942. The van der Waals surface area contributed by atoms with Crippen LogP contribution in [0.25, 0.3) is 6.08 Å². The summed E-state index contributed by atoms with van der Waals surface area (Å²) in [6.45, 7) is -2.85. The van der Waals surface area contributed by atoms with Gasteiger partial charge in [0.05, 0.1) is 13.7 Å². The monoisotopic (exact) mass is 389 g/mol. The van der Waals surface area contributed by atoms with Crippen molar-refractivity contribution >= 4 is 12.0 Å². The molecule has 7 heteroatoms. The molecule has 0 aromatic heterocycles. The molecule has 2 aromatic carbocycles.